The molecule has 0 saturated heterocycles. The Labute approximate surface area is 121 Å². The van der Waals surface area contributed by atoms with Crippen molar-refractivity contribution in [3.8, 4) is 0 Å². The Morgan fingerprint density at radius 2 is 2.00 bits per heavy atom. The maximum atomic E-state index is 4.42. The molecule has 2 aromatic rings. The Morgan fingerprint density at radius 1 is 1.15 bits per heavy atom. The van der Waals surface area contributed by atoms with Gasteiger partial charge < -0.3 is 5.32 Å². The second kappa shape index (κ2) is 5.76. The molecular weight excluding hydrogens is 244 g/mol. The predicted molar refractivity (Wildman–Crippen MR) is 82.7 cm³/mol. The molecule has 2 heteroatoms. The second-order valence-corrected chi connectivity index (χ2v) is 5.92. The molecule has 0 aliphatic heterocycles. The van der Waals surface area contributed by atoms with Gasteiger partial charge in [0.1, 0.15) is 0 Å². The highest BCUT2D eigenvalue weighted by Crippen LogP contribution is 2.38. The van der Waals surface area contributed by atoms with E-state index in [0.29, 0.717) is 12.1 Å². The zero-order valence-corrected chi connectivity index (χ0v) is 12.2. The fourth-order valence-corrected chi connectivity index (χ4v) is 3.02. The lowest BCUT2D eigenvalue weighted by Gasteiger charge is -2.38. The van der Waals surface area contributed by atoms with Crippen molar-refractivity contribution >= 4 is 0 Å². The molecule has 1 saturated carbocycles. The Bertz CT molecular complexity index is 559. The Kier molecular flexibility index (Phi) is 3.83. The van der Waals surface area contributed by atoms with Crippen LogP contribution in [-0.2, 0) is 0 Å². The Balaban J connectivity index is 1.54. The lowest BCUT2D eigenvalue weighted by atomic mass is 9.75. The molecule has 0 radical (unpaired) electrons. The van der Waals surface area contributed by atoms with Gasteiger partial charge in [-0.3, -0.25) is 4.98 Å². The molecule has 1 aromatic carbocycles. The smallest absolute Gasteiger partial charge is 0.0570 e. The predicted octanol–water partition coefficient (Wildman–Crippen LogP) is 3.99. The van der Waals surface area contributed by atoms with Crippen LogP contribution in [0.15, 0.2) is 48.7 Å². The van der Waals surface area contributed by atoms with Gasteiger partial charge >= 0.3 is 0 Å². The lowest BCUT2D eigenvalue weighted by Crippen LogP contribution is -2.41. The number of rotatable bonds is 4. The average Bonchev–Trinajstić information content (AvgIpc) is 2.43. The highest BCUT2D eigenvalue weighted by molar-refractivity contribution is 5.27. The van der Waals surface area contributed by atoms with Gasteiger partial charge in [-0.1, -0.05) is 35.9 Å². The van der Waals surface area contributed by atoms with Gasteiger partial charge in [0.25, 0.3) is 0 Å². The van der Waals surface area contributed by atoms with Crippen LogP contribution in [0.2, 0.25) is 0 Å². The molecule has 104 valence electrons. The quantitative estimate of drug-likeness (QED) is 0.905. The van der Waals surface area contributed by atoms with Gasteiger partial charge in [0.2, 0.25) is 0 Å². The number of nitrogens with one attached hydrogen (secondary N) is 1. The van der Waals surface area contributed by atoms with E-state index in [0.717, 1.165) is 11.6 Å². The van der Waals surface area contributed by atoms with Crippen LogP contribution >= 0.6 is 0 Å². The zero-order chi connectivity index (χ0) is 13.9. The summed E-state index contributed by atoms with van der Waals surface area (Å²) in [6, 6.07) is 16.0. The van der Waals surface area contributed by atoms with Crippen molar-refractivity contribution in [2.75, 3.05) is 0 Å². The first-order valence-electron chi connectivity index (χ1n) is 7.46. The van der Waals surface area contributed by atoms with E-state index in [9.17, 15) is 0 Å². The molecule has 0 bridgehead atoms. The van der Waals surface area contributed by atoms with Crippen LogP contribution in [0.5, 0.6) is 0 Å². The minimum absolute atomic E-state index is 0.333. The summed E-state index contributed by atoms with van der Waals surface area (Å²) in [7, 11) is 0. The maximum absolute atomic E-state index is 4.42. The summed E-state index contributed by atoms with van der Waals surface area (Å²) in [6.45, 7) is 4.36. The van der Waals surface area contributed by atoms with Crippen molar-refractivity contribution in [1.82, 2.24) is 10.3 Å². The third-order valence-electron chi connectivity index (χ3n) is 4.27. The number of aryl methyl sites for hydroxylation is 1. The number of aromatic nitrogens is 1. The van der Waals surface area contributed by atoms with E-state index >= 15 is 0 Å². The zero-order valence-electron chi connectivity index (χ0n) is 12.2. The van der Waals surface area contributed by atoms with Gasteiger partial charge in [-0.05, 0) is 50.3 Å². The normalized spacial score (nSPS) is 23.1. The van der Waals surface area contributed by atoms with Gasteiger partial charge in [-0.15, -0.1) is 0 Å². The molecule has 20 heavy (non-hydrogen) atoms. The summed E-state index contributed by atoms with van der Waals surface area (Å²) in [5.74, 6) is 0.725. The van der Waals surface area contributed by atoms with Gasteiger partial charge in [0.05, 0.1) is 5.69 Å². The minimum atomic E-state index is 0.333. The summed E-state index contributed by atoms with van der Waals surface area (Å²) < 4.78 is 0. The second-order valence-electron chi connectivity index (χ2n) is 5.92. The molecule has 1 aromatic heterocycles. The van der Waals surface area contributed by atoms with Crippen LogP contribution in [0.4, 0.5) is 0 Å². The summed E-state index contributed by atoms with van der Waals surface area (Å²) >= 11 is 0. The van der Waals surface area contributed by atoms with E-state index in [1.807, 2.05) is 12.3 Å². The van der Waals surface area contributed by atoms with Crippen molar-refractivity contribution in [2.45, 2.75) is 44.7 Å². The third-order valence-corrected chi connectivity index (χ3v) is 4.27. The summed E-state index contributed by atoms with van der Waals surface area (Å²) in [6.07, 6.45) is 4.34. The summed E-state index contributed by atoms with van der Waals surface area (Å²) in [5, 5.41) is 3.68. The molecule has 1 aliphatic carbocycles. The minimum Gasteiger partial charge on any atom is -0.306 e. The third kappa shape index (κ3) is 2.91. The van der Waals surface area contributed by atoms with Crippen molar-refractivity contribution in [1.29, 1.82) is 0 Å². The fraction of sp³-hybridized carbons (Fsp3) is 0.389. The van der Waals surface area contributed by atoms with Gasteiger partial charge in [-0.2, -0.15) is 0 Å². The molecule has 3 rings (SSSR count). The van der Waals surface area contributed by atoms with E-state index in [1.54, 1.807) is 0 Å². The molecule has 1 N–H and O–H groups in total. The summed E-state index contributed by atoms with van der Waals surface area (Å²) in [5.41, 5.74) is 3.99. The van der Waals surface area contributed by atoms with Crippen LogP contribution < -0.4 is 5.32 Å². The molecule has 1 aliphatic rings. The van der Waals surface area contributed by atoms with Gasteiger partial charge in [0, 0.05) is 18.3 Å². The van der Waals surface area contributed by atoms with E-state index in [2.05, 4.69) is 60.5 Å². The monoisotopic (exact) mass is 266 g/mol. The number of hydrogen-bond donors (Lipinski definition) is 1. The molecule has 1 atom stereocenters. The van der Waals surface area contributed by atoms with Crippen LogP contribution in [0.3, 0.4) is 0 Å². The number of nitrogens with zero attached hydrogens (tertiary/aromatic N) is 1. The largest absolute Gasteiger partial charge is 0.306 e. The van der Waals surface area contributed by atoms with Crippen molar-refractivity contribution in [3.63, 3.8) is 0 Å². The molecule has 1 heterocycles. The Hall–Kier alpha value is -1.67. The SMILES string of the molecule is Cc1cccc(C2CC(N[C@@H](C)c3ccccn3)C2)c1. The van der Waals surface area contributed by atoms with E-state index < -0.39 is 0 Å². The standard InChI is InChI=1S/C18H22N2/c1-13-6-5-7-15(10-13)16-11-17(12-16)20-14(2)18-8-3-4-9-19-18/h3-10,14,16-17,20H,11-12H2,1-2H3/t14-,16?,17?/m0/s1. The maximum Gasteiger partial charge on any atom is 0.0570 e. The van der Waals surface area contributed by atoms with Crippen LogP contribution in [0.1, 0.15) is 48.5 Å². The molecule has 1 fully saturated rings. The van der Waals surface area contributed by atoms with Crippen LogP contribution in [-0.4, -0.2) is 11.0 Å². The first-order valence-corrected chi connectivity index (χ1v) is 7.46. The molecule has 0 unspecified atom stereocenters. The Morgan fingerprint density at radius 3 is 2.70 bits per heavy atom. The van der Waals surface area contributed by atoms with Crippen LogP contribution in [0.25, 0.3) is 0 Å². The summed E-state index contributed by atoms with van der Waals surface area (Å²) in [4.78, 5) is 4.42. The van der Waals surface area contributed by atoms with Crippen molar-refractivity contribution < 1.29 is 0 Å². The fourth-order valence-electron chi connectivity index (χ4n) is 3.02. The number of pyridine rings is 1. The molecular formula is C18H22N2. The van der Waals surface area contributed by atoms with Gasteiger partial charge in [0.15, 0.2) is 0 Å². The topological polar surface area (TPSA) is 24.9 Å². The molecule has 2 nitrogen and oxygen atoms in total. The average molecular weight is 266 g/mol. The van der Waals surface area contributed by atoms with E-state index in [-0.39, 0.29) is 0 Å². The lowest BCUT2D eigenvalue weighted by molar-refractivity contribution is 0.269. The highest BCUT2D eigenvalue weighted by atomic mass is 15.0. The van der Waals surface area contributed by atoms with E-state index in [4.69, 9.17) is 0 Å². The highest BCUT2D eigenvalue weighted by Gasteiger charge is 2.31. The van der Waals surface area contributed by atoms with Crippen molar-refractivity contribution in [2.24, 2.45) is 0 Å². The molecule has 0 amide bonds. The van der Waals surface area contributed by atoms with Crippen LogP contribution in [0, 0.1) is 6.92 Å². The first-order chi connectivity index (χ1) is 9.72. The van der Waals surface area contributed by atoms with E-state index in [1.165, 1.54) is 24.0 Å². The van der Waals surface area contributed by atoms with Crippen molar-refractivity contribution in [3.05, 3.63) is 65.5 Å². The molecule has 0 spiro atoms. The van der Waals surface area contributed by atoms with Gasteiger partial charge in [-0.25, -0.2) is 0 Å². The number of benzene rings is 1. The number of hydrogen-bond acceptors (Lipinski definition) is 2. The first kappa shape index (κ1) is 13.3.